The van der Waals surface area contributed by atoms with E-state index in [0.29, 0.717) is 0 Å². The van der Waals surface area contributed by atoms with E-state index in [9.17, 15) is 10.1 Å². The van der Waals surface area contributed by atoms with Crippen molar-refractivity contribution in [2.75, 3.05) is 11.4 Å². The van der Waals surface area contributed by atoms with Gasteiger partial charge in [0.05, 0.1) is 4.92 Å². The Kier molecular flexibility index (Phi) is 4.90. The lowest BCUT2D eigenvalue weighted by Crippen LogP contribution is -2.20. The molecule has 5 heteroatoms. The lowest BCUT2D eigenvalue weighted by Gasteiger charge is -2.20. The lowest BCUT2D eigenvalue weighted by molar-refractivity contribution is -0.384. The van der Waals surface area contributed by atoms with Gasteiger partial charge in [-0.15, -0.1) is 0 Å². The van der Waals surface area contributed by atoms with Crippen molar-refractivity contribution in [2.24, 2.45) is 0 Å². The third-order valence-corrected chi connectivity index (χ3v) is 3.97. The van der Waals surface area contributed by atoms with E-state index in [4.69, 9.17) is 0 Å². The number of hydrogen-bond acceptors (Lipinski definition) is 3. The fourth-order valence-electron chi connectivity index (χ4n) is 1.49. The highest BCUT2D eigenvalue weighted by Gasteiger charge is 2.08. The van der Waals surface area contributed by atoms with Crippen molar-refractivity contribution in [1.29, 1.82) is 0 Å². The lowest BCUT2D eigenvalue weighted by atomic mass is 10.2. The van der Waals surface area contributed by atoms with Crippen molar-refractivity contribution in [2.45, 2.75) is 19.1 Å². The van der Waals surface area contributed by atoms with Crippen LogP contribution in [0.25, 0.3) is 0 Å². The molecule has 17 heavy (non-hydrogen) atoms. The zero-order chi connectivity index (χ0) is 12.8. The van der Waals surface area contributed by atoms with Gasteiger partial charge < -0.3 is 4.90 Å². The fraction of sp³-hybridized carbons (Fsp3) is 0.333. The van der Waals surface area contributed by atoms with Crippen LogP contribution in [0.5, 0.6) is 0 Å². The minimum Gasteiger partial charge on any atom is -0.349 e. The molecule has 1 aromatic carbocycles. The Morgan fingerprint density at radius 1 is 1.41 bits per heavy atom. The van der Waals surface area contributed by atoms with Gasteiger partial charge >= 0.3 is 0 Å². The Morgan fingerprint density at radius 2 is 2.00 bits per heavy atom. The normalized spacial score (nSPS) is 10.3. The predicted octanol–water partition coefficient (Wildman–Crippen LogP) is 3.03. The standard InChI is InChI=1S/C12H18N2O2Si/c1-4-13(9-10-17(2)3)11-5-7-12(8-6-11)14(15)16/h4-8,17H,1,9-10H2,2-3H3. The number of rotatable bonds is 6. The fourth-order valence-corrected chi connectivity index (χ4v) is 2.28. The molecule has 0 aromatic heterocycles. The molecule has 0 heterocycles. The summed E-state index contributed by atoms with van der Waals surface area (Å²) in [7, 11) is -0.588. The highest BCUT2D eigenvalue weighted by Crippen LogP contribution is 2.20. The first-order valence-electron chi connectivity index (χ1n) is 5.68. The third kappa shape index (κ3) is 4.03. The van der Waals surface area contributed by atoms with Crippen LogP contribution < -0.4 is 4.90 Å². The summed E-state index contributed by atoms with van der Waals surface area (Å²) in [6, 6.07) is 7.78. The second-order valence-corrected chi connectivity index (χ2v) is 7.70. The smallest absolute Gasteiger partial charge is 0.269 e. The molecule has 0 saturated heterocycles. The number of benzene rings is 1. The van der Waals surface area contributed by atoms with Crippen LogP contribution in [0, 0.1) is 10.1 Å². The Morgan fingerprint density at radius 3 is 2.41 bits per heavy atom. The van der Waals surface area contributed by atoms with Crippen LogP contribution in [0.3, 0.4) is 0 Å². The molecule has 1 rings (SSSR count). The molecule has 0 amide bonds. The molecule has 0 atom stereocenters. The summed E-state index contributed by atoms with van der Waals surface area (Å²) in [5.41, 5.74) is 1.08. The molecule has 0 radical (unpaired) electrons. The molecule has 0 unspecified atom stereocenters. The first kappa shape index (κ1) is 13.4. The number of nitrogens with zero attached hydrogens (tertiary/aromatic N) is 2. The van der Waals surface area contributed by atoms with Gasteiger partial charge in [-0.05, 0) is 24.4 Å². The number of nitro groups is 1. The zero-order valence-corrected chi connectivity index (χ0v) is 11.5. The summed E-state index contributed by atoms with van der Waals surface area (Å²) in [6.07, 6.45) is 1.78. The maximum Gasteiger partial charge on any atom is 0.269 e. The monoisotopic (exact) mass is 250 g/mol. The maximum absolute atomic E-state index is 10.5. The van der Waals surface area contributed by atoms with Crippen molar-refractivity contribution < 1.29 is 4.92 Å². The topological polar surface area (TPSA) is 46.4 Å². The van der Waals surface area contributed by atoms with E-state index >= 15 is 0 Å². The second kappa shape index (κ2) is 6.20. The van der Waals surface area contributed by atoms with E-state index in [-0.39, 0.29) is 10.6 Å². The molecule has 0 bridgehead atoms. The first-order valence-corrected chi connectivity index (χ1v) is 8.81. The van der Waals surface area contributed by atoms with Gasteiger partial charge in [-0.3, -0.25) is 10.1 Å². The molecule has 4 nitrogen and oxygen atoms in total. The Balaban J connectivity index is 2.75. The van der Waals surface area contributed by atoms with E-state index < -0.39 is 8.80 Å². The van der Waals surface area contributed by atoms with Crippen LogP contribution in [-0.2, 0) is 0 Å². The van der Waals surface area contributed by atoms with Crippen LogP contribution in [0.15, 0.2) is 37.0 Å². The SMILES string of the molecule is C=CN(CC[SiH](C)C)c1ccc([N+](=O)[O-])cc1. The molecule has 0 saturated carbocycles. The first-order chi connectivity index (χ1) is 8.04. The average Bonchev–Trinajstić information content (AvgIpc) is 2.30. The molecular formula is C12H18N2O2Si. The van der Waals surface area contributed by atoms with Crippen LogP contribution in [0.1, 0.15) is 0 Å². The summed E-state index contributed by atoms with van der Waals surface area (Å²) in [5, 5.41) is 10.5. The van der Waals surface area contributed by atoms with Gasteiger partial charge in [0, 0.05) is 33.2 Å². The van der Waals surface area contributed by atoms with Crippen molar-refractivity contribution in [3.05, 3.63) is 47.2 Å². The van der Waals surface area contributed by atoms with Gasteiger partial charge in [0.1, 0.15) is 0 Å². The average molecular weight is 250 g/mol. The van der Waals surface area contributed by atoms with Gasteiger partial charge in [-0.25, -0.2) is 0 Å². The van der Waals surface area contributed by atoms with Crippen LogP contribution >= 0.6 is 0 Å². The van der Waals surface area contributed by atoms with Gasteiger partial charge in [0.25, 0.3) is 5.69 Å². The maximum atomic E-state index is 10.5. The Bertz CT molecular complexity index is 390. The molecule has 0 aliphatic rings. The summed E-state index contributed by atoms with van der Waals surface area (Å²) < 4.78 is 0. The minimum atomic E-state index is -0.588. The minimum absolute atomic E-state index is 0.121. The third-order valence-electron chi connectivity index (χ3n) is 2.56. The van der Waals surface area contributed by atoms with Crippen LogP contribution in [0.4, 0.5) is 11.4 Å². The number of anilines is 1. The summed E-state index contributed by atoms with van der Waals surface area (Å²) in [5.74, 6) is 0. The Hall–Kier alpha value is -1.62. The van der Waals surface area contributed by atoms with Crippen molar-refractivity contribution in [3.63, 3.8) is 0 Å². The summed E-state index contributed by atoms with van der Waals surface area (Å²) >= 11 is 0. The van der Waals surface area contributed by atoms with E-state index in [1.807, 2.05) is 4.90 Å². The molecule has 0 fully saturated rings. The molecule has 0 aliphatic heterocycles. The molecule has 0 N–H and O–H groups in total. The molecule has 92 valence electrons. The van der Waals surface area contributed by atoms with E-state index in [1.165, 1.54) is 18.2 Å². The highest BCUT2D eigenvalue weighted by molar-refractivity contribution is 6.55. The van der Waals surface area contributed by atoms with E-state index in [2.05, 4.69) is 19.7 Å². The largest absolute Gasteiger partial charge is 0.349 e. The molecular weight excluding hydrogens is 232 g/mol. The van der Waals surface area contributed by atoms with Gasteiger partial charge in [0.15, 0.2) is 0 Å². The van der Waals surface area contributed by atoms with E-state index in [0.717, 1.165) is 12.2 Å². The van der Waals surface area contributed by atoms with Crippen LogP contribution in [-0.4, -0.2) is 20.3 Å². The highest BCUT2D eigenvalue weighted by atomic mass is 28.3. The quantitative estimate of drug-likeness (QED) is 0.443. The predicted molar refractivity (Wildman–Crippen MR) is 74.3 cm³/mol. The van der Waals surface area contributed by atoms with Crippen molar-refractivity contribution >= 4 is 20.2 Å². The summed E-state index contributed by atoms with van der Waals surface area (Å²) in [6.45, 7) is 9.32. The number of non-ortho nitro benzene ring substituents is 1. The molecule has 0 spiro atoms. The van der Waals surface area contributed by atoms with E-state index in [1.54, 1.807) is 18.3 Å². The van der Waals surface area contributed by atoms with Gasteiger partial charge in [-0.1, -0.05) is 19.7 Å². The number of nitro benzene ring substituents is 1. The van der Waals surface area contributed by atoms with Gasteiger partial charge in [0.2, 0.25) is 0 Å². The zero-order valence-electron chi connectivity index (χ0n) is 10.3. The molecule has 1 aromatic rings. The summed E-state index contributed by atoms with van der Waals surface area (Å²) in [4.78, 5) is 12.2. The Labute approximate surface area is 103 Å². The molecule has 0 aliphatic carbocycles. The van der Waals surface area contributed by atoms with Crippen LogP contribution in [0.2, 0.25) is 19.1 Å². The number of hydrogen-bond donors (Lipinski definition) is 0. The van der Waals surface area contributed by atoms with Crippen molar-refractivity contribution in [3.8, 4) is 0 Å². The van der Waals surface area contributed by atoms with Gasteiger partial charge in [-0.2, -0.15) is 0 Å². The second-order valence-electron chi connectivity index (χ2n) is 4.33. The van der Waals surface area contributed by atoms with Crippen molar-refractivity contribution in [1.82, 2.24) is 0 Å².